The predicted octanol–water partition coefficient (Wildman–Crippen LogP) is 6.84. The molecule has 0 saturated heterocycles. The highest BCUT2D eigenvalue weighted by atomic mass is 127. The monoisotopic (exact) mass is 453 g/mol. The summed E-state index contributed by atoms with van der Waals surface area (Å²) in [4.78, 5) is 4.68. The minimum atomic E-state index is -0.195. The molecule has 23 heavy (non-hydrogen) atoms. The largest absolute Gasteiger partial charge is 0.260 e. The first-order chi connectivity index (χ1) is 11.1. The fourth-order valence-electron chi connectivity index (χ4n) is 3.74. The van der Waals surface area contributed by atoms with Gasteiger partial charge in [0.2, 0.25) is 0 Å². The molecule has 1 heterocycles. The van der Waals surface area contributed by atoms with Gasteiger partial charge in [0.25, 0.3) is 0 Å². The molecule has 116 valence electrons. The number of halogens is 3. The van der Waals surface area contributed by atoms with Crippen LogP contribution in [-0.2, 0) is 5.41 Å². The van der Waals surface area contributed by atoms with Crippen LogP contribution in [0.3, 0.4) is 0 Å². The number of aliphatic imine (C=N–C) groups is 1. The topological polar surface area (TPSA) is 12.4 Å². The summed E-state index contributed by atoms with van der Waals surface area (Å²) in [6, 6.07) is 14.2. The molecule has 0 unspecified atom stereocenters. The number of hydrogen-bond donors (Lipinski definition) is 0. The maximum absolute atomic E-state index is 6.24. The fourth-order valence-corrected chi connectivity index (χ4v) is 4.93. The summed E-state index contributed by atoms with van der Waals surface area (Å²) in [5, 5.41) is 1.51. The summed E-state index contributed by atoms with van der Waals surface area (Å²) in [7, 11) is 0. The van der Waals surface area contributed by atoms with E-state index in [9.17, 15) is 0 Å². The van der Waals surface area contributed by atoms with Gasteiger partial charge in [-0.1, -0.05) is 47.5 Å². The third kappa shape index (κ3) is 2.65. The average molecular weight is 454 g/mol. The second-order valence-electron chi connectivity index (χ2n) is 6.09. The molecule has 4 rings (SSSR count). The van der Waals surface area contributed by atoms with E-state index in [1.54, 1.807) is 0 Å². The van der Waals surface area contributed by atoms with E-state index in [2.05, 4.69) is 58.1 Å². The van der Waals surface area contributed by atoms with Crippen molar-refractivity contribution in [2.45, 2.75) is 24.2 Å². The SMILES string of the molecule is Clc1cccc([C@@H]2CCC(I)=C[C@]23C=Nc2cc(Cl)ccc23)c1. The molecule has 2 aromatic carbocycles. The van der Waals surface area contributed by atoms with E-state index in [1.807, 2.05) is 24.3 Å². The van der Waals surface area contributed by atoms with Crippen molar-refractivity contribution in [3.63, 3.8) is 0 Å². The standard InChI is InChI=1S/C19H14Cl2IN/c20-13-3-1-2-12(8-13)16-7-5-15(22)10-19(16)11-23-18-9-14(21)4-6-17(18)19/h1-4,6,8-11,16H,5,7H2/t16-,19-/m0/s1. The van der Waals surface area contributed by atoms with E-state index in [4.69, 9.17) is 23.2 Å². The first-order valence-electron chi connectivity index (χ1n) is 7.56. The van der Waals surface area contributed by atoms with Crippen LogP contribution in [0.5, 0.6) is 0 Å². The number of allylic oxidation sites excluding steroid dienone is 2. The Morgan fingerprint density at radius 1 is 1.09 bits per heavy atom. The van der Waals surface area contributed by atoms with Crippen LogP contribution < -0.4 is 0 Å². The normalized spacial score (nSPS) is 25.5. The Kier molecular flexibility index (Phi) is 4.02. The van der Waals surface area contributed by atoms with E-state index in [0.29, 0.717) is 5.92 Å². The highest BCUT2D eigenvalue weighted by Gasteiger charge is 2.44. The van der Waals surface area contributed by atoms with Crippen LogP contribution in [0.25, 0.3) is 0 Å². The molecule has 0 radical (unpaired) electrons. The van der Waals surface area contributed by atoms with Crippen LogP contribution in [0.4, 0.5) is 5.69 Å². The van der Waals surface area contributed by atoms with Gasteiger partial charge in [-0.15, -0.1) is 0 Å². The quantitative estimate of drug-likeness (QED) is 0.419. The van der Waals surface area contributed by atoms with Gasteiger partial charge in [-0.3, -0.25) is 4.99 Å². The van der Waals surface area contributed by atoms with Crippen molar-refractivity contribution < 1.29 is 0 Å². The van der Waals surface area contributed by atoms with E-state index >= 15 is 0 Å². The molecule has 2 aliphatic rings. The Morgan fingerprint density at radius 3 is 2.74 bits per heavy atom. The van der Waals surface area contributed by atoms with Gasteiger partial charge in [0.1, 0.15) is 0 Å². The van der Waals surface area contributed by atoms with Crippen LogP contribution in [0.1, 0.15) is 29.9 Å². The molecule has 1 spiro atoms. The summed E-state index contributed by atoms with van der Waals surface area (Å²) < 4.78 is 1.38. The van der Waals surface area contributed by atoms with Crippen molar-refractivity contribution in [1.29, 1.82) is 0 Å². The van der Waals surface area contributed by atoms with Crippen LogP contribution in [0.15, 0.2) is 57.1 Å². The zero-order chi connectivity index (χ0) is 16.0. The van der Waals surface area contributed by atoms with Gasteiger partial charge in [-0.25, -0.2) is 0 Å². The van der Waals surface area contributed by atoms with Crippen molar-refractivity contribution in [3.8, 4) is 0 Å². The number of rotatable bonds is 1. The smallest absolute Gasteiger partial charge is 0.0685 e. The highest BCUT2D eigenvalue weighted by Crippen LogP contribution is 2.53. The highest BCUT2D eigenvalue weighted by molar-refractivity contribution is 14.1. The number of nitrogens with zero attached hydrogens (tertiary/aromatic N) is 1. The van der Waals surface area contributed by atoms with E-state index in [1.165, 1.54) is 14.7 Å². The summed E-state index contributed by atoms with van der Waals surface area (Å²) in [6.07, 6.45) is 6.64. The van der Waals surface area contributed by atoms with Crippen molar-refractivity contribution >= 4 is 57.7 Å². The number of fused-ring (bicyclic) bond motifs is 2. The second-order valence-corrected chi connectivity index (χ2v) is 8.35. The Bertz CT molecular complexity index is 843. The molecule has 4 heteroatoms. The lowest BCUT2D eigenvalue weighted by Crippen LogP contribution is -2.34. The molecule has 0 bridgehead atoms. The number of benzene rings is 2. The lowest BCUT2D eigenvalue weighted by Gasteiger charge is -2.38. The summed E-state index contributed by atoms with van der Waals surface area (Å²) >= 11 is 14.8. The molecule has 0 fully saturated rings. The van der Waals surface area contributed by atoms with Gasteiger partial charge in [-0.05, 0) is 74.4 Å². The lowest BCUT2D eigenvalue weighted by atomic mass is 9.65. The second kappa shape index (κ2) is 5.91. The van der Waals surface area contributed by atoms with Crippen molar-refractivity contribution in [2.24, 2.45) is 4.99 Å². The molecule has 0 N–H and O–H groups in total. The van der Waals surface area contributed by atoms with Crippen LogP contribution in [-0.4, -0.2) is 6.21 Å². The fraction of sp³-hybridized carbons (Fsp3) is 0.211. The predicted molar refractivity (Wildman–Crippen MR) is 107 cm³/mol. The Morgan fingerprint density at radius 2 is 1.91 bits per heavy atom. The maximum atomic E-state index is 6.24. The van der Waals surface area contributed by atoms with Crippen molar-refractivity contribution in [2.75, 3.05) is 0 Å². The molecule has 2 aromatic rings. The summed E-state index contributed by atoms with van der Waals surface area (Å²) in [5.74, 6) is 0.339. The molecule has 1 nitrogen and oxygen atoms in total. The van der Waals surface area contributed by atoms with E-state index in [-0.39, 0.29) is 5.41 Å². The van der Waals surface area contributed by atoms with Crippen LogP contribution >= 0.6 is 45.8 Å². The molecule has 0 aromatic heterocycles. The van der Waals surface area contributed by atoms with Gasteiger partial charge in [0.05, 0.1) is 11.1 Å². The Balaban J connectivity index is 1.91. The lowest BCUT2D eigenvalue weighted by molar-refractivity contribution is 0.497. The van der Waals surface area contributed by atoms with Gasteiger partial charge in [0, 0.05) is 22.2 Å². The van der Waals surface area contributed by atoms with Gasteiger partial charge in [0.15, 0.2) is 0 Å². The van der Waals surface area contributed by atoms with Crippen molar-refractivity contribution in [3.05, 3.63) is 73.3 Å². The molecular weight excluding hydrogens is 440 g/mol. The third-order valence-corrected chi connectivity index (χ3v) is 6.06. The maximum Gasteiger partial charge on any atom is 0.0685 e. The average Bonchev–Trinajstić information content (AvgIpc) is 2.85. The first kappa shape index (κ1) is 15.7. The Hall–Kier alpha value is -0.840. The van der Waals surface area contributed by atoms with Gasteiger partial charge < -0.3 is 0 Å². The van der Waals surface area contributed by atoms with Gasteiger partial charge >= 0.3 is 0 Å². The Labute approximate surface area is 159 Å². The summed E-state index contributed by atoms with van der Waals surface area (Å²) in [5.41, 5.74) is 3.29. The van der Waals surface area contributed by atoms with Crippen molar-refractivity contribution in [1.82, 2.24) is 0 Å². The minimum Gasteiger partial charge on any atom is -0.260 e. The minimum absolute atomic E-state index is 0.195. The molecule has 0 amide bonds. The number of hydrogen-bond acceptors (Lipinski definition) is 1. The van der Waals surface area contributed by atoms with Gasteiger partial charge in [-0.2, -0.15) is 0 Å². The van der Waals surface area contributed by atoms with E-state index < -0.39 is 0 Å². The van der Waals surface area contributed by atoms with Crippen LogP contribution in [0.2, 0.25) is 10.0 Å². The van der Waals surface area contributed by atoms with Crippen LogP contribution in [0, 0.1) is 0 Å². The summed E-state index contributed by atoms with van der Waals surface area (Å²) in [6.45, 7) is 0. The molecular formula is C19H14Cl2IN. The molecule has 2 atom stereocenters. The molecule has 0 saturated carbocycles. The first-order valence-corrected chi connectivity index (χ1v) is 9.40. The molecule has 1 aliphatic carbocycles. The molecule has 1 aliphatic heterocycles. The zero-order valence-corrected chi connectivity index (χ0v) is 15.9. The zero-order valence-electron chi connectivity index (χ0n) is 12.3. The third-order valence-electron chi connectivity index (χ3n) is 4.74. The van der Waals surface area contributed by atoms with E-state index in [0.717, 1.165) is 28.6 Å².